The van der Waals surface area contributed by atoms with Gasteiger partial charge in [0.05, 0.1) is 29.3 Å². The summed E-state index contributed by atoms with van der Waals surface area (Å²) in [5.41, 5.74) is 0.0233. The molecule has 4 rings (SSSR count). The van der Waals surface area contributed by atoms with Crippen LogP contribution < -0.4 is 14.8 Å². The van der Waals surface area contributed by atoms with Crippen LogP contribution in [0.2, 0.25) is 0 Å². The zero-order valence-electron chi connectivity index (χ0n) is 18.6. The first kappa shape index (κ1) is 23.3. The Morgan fingerprint density at radius 3 is 2.65 bits per heavy atom. The van der Waals surface area contributed by atoms with Crippen molar-refractivity contribution >= 4 is 33.1 Å². The minimum atomic E-state index is -0.740. The van der Waals surface area contributed by atoms with Crippen LogP contribution in [0.3, 0.4) is 0 Å². The van der Waals surface area contributed by atoms with E-state index >= 15 is 0 Å². The van der Waals surface area contributed by atoms with Crippen LogP contribution in [0.1, 0.15) is 26.3 Å². The van der Waals surface area contributed by atoms with Crippen LogP contribution in [0, 0.1) is 17.1 Å². The van der Waals surface area contributed by atoms with E-state index in [-0.39, 0.29) is 45.1 Å². The van der Waals surface area contributed by atoms with Crippen LogP contribution in [0.15, 0.2) is 39.4 Å². The number of carbonyl (C=O) groups excluding carboxylic acids is 1. The number of ether oxygens (including phenoxy) is 2. The quantitative estimate of drug-likeness (QED) is 0.356. The molecule has 0 aliphatic carbocycles. The van der Waals surface area contributed by atoms with Gasteiger partial charge in [-0.1, -0.05) is 0 Å². The number of hydrogen-bond donors (Lipinski definition) is 2. The third-order valence-corrected chi connectivity index (χ3v) is 5.13. The lowest BCUT2D eigenvalue weighted by atomic mass is 9.97. The van der Waals surface area contributed by atoms with Crippen molar-refractivity contribution < 1.29 is 23.1 Å². The Bertz CT molecular complexity index is 1450. The number of carbonyl (C=O) groups is 1. The second-order valence-corrected chi connectivity index (χ2v) is 9.07. The van der Waals surface area contributed by atoms with Crippen molar-refractivity contribution in [2.24, 2.45) is 0 Å². The van der Waals surface area contributed by atoms with Crippen molar-refractivity contribution in [3.8, 4) is 40.3 Å². The topological polar surface area (TPSA) is 126 Å². The number of hydrogen-bond acceptors (Lipinski definition) is 7. The molecule has 0 unspecified atom stereocenters. The molecule has 0 radical (unpaired) electrons. The summed E-state index contributed by atoms with van der Waals surface area (Å²) in [5.74, 6) is -0.147. The molecule has 3 aromatic heterocycles. The second kappa shape index (κ2) is 8.79. The molecule has 0 atom stereocenters. The number of nitrogens with zero attached hydrogens (tertiary/aromatic N) is 3. The van der Waals surface area contributed by atoms with Crippen molar-refractivity contribution in [3.63, 3.8) is 0 Å². The van der Waals surface area contributed by atoms with Crippen molar-refractivity contribution in [2.75, 3.05) is 7.11 Å². The first-order valence-electron chi connectivity index (χ1n) is 10.0. The maximum absolute atomic E-state index is 14.9. The Kier molecular flexibility index (Phi) is 6.01. The lowest BCUT2D eigenvalue weighted by Crippen LogP contribution is -2.42. The highest BCUT2D eigenvalue weighted by atomic mass is 79.9. The predicted octanol–water partition coefficient (Wildman–Crippen LogP) is 5.55. The highest BCUT2D eigenvalue weighted by Crippen LogP contribution is 2.41. The molecule has 0 bridgehead atoms. The molecular formula is C23H19BrFN5O4. The summed E-state index contributed by atoms with van der Waals surface area (Å²) in [5, 5.41) is 19.8. The van der Waals surface area contributed by atoms with Crippen LogP contribution in [-0.4, -0.2) is 33.9 Å². The Hall–Kier alpha value is -3.91. The molecule has 2 N–H and O–H groups in total. The molecule has 0 aliphatic heterocycles. The number of nitriles is 1. The van der Waals surface area contributed by atoms with Gasteiger partial charge >= 0.3 is 6.09 Å². The van der Waals surface area contributed by atoms with Gasteiger partial charge in [-0.2, -0.15) is 5.26 Å². The smallest absolute Gasteiger partial charge is 0.414 e. The molecule has 0 fully saturated rings. The van der Waals surface area contributed by atoms with Gasteiger partial charge in [-0.05, 0) is 61.0 Å². The maximum atomic E-state index is 14.9. The van der Waals surface area contributed by atoms with Gasteiger partial charge in [-0.3, -0.25) is 5.10 Å². The van der Waals surface area contributed by atoms with Gasteiger partial charge in [0, 0.05) is 17.2 Å². The van der Waals surface area contributed by atoms with Gasteiger partial charge in [-0.15, -0.1) is 5.10 Å². The van der Waals surface area contributed by atoms with Gasteiger partial charge in [0.2, 0.25) is 0 Å². The third-order valence-electron chi connectivity index (χ3n) is 4.70. The number of methoxy groups -OCH3 is 1. The van der Waals surface area contributed by atoms with Crippen molar-refractivity contribution in [1.29, 1.82) is 5.26 Å². The fourth-order valence-corrected chi connectivity index (χ4v) is 3.65. The SMILES string of the molecule is COc1ccc(-c2nc3[nH]nc(OC(=O)NC(C)(C)C)c3c(-c3ccc(Br)o3)c2C#N)c(F)c1. The van der Waals surface area contributed by atoms with Gasteiger partial charge in [0.25, 0.3) is 5.88 Å². The normalized spacial score (nSPS) is 11.3. The Labute approximate surface area is 202 Å². The first-order chi connectivity index (χ1) is 16.1. The highest BCUT2D eigenvalue weighted by molar-refractivity contribution is 9.10. The summed E-state index contributed by atoms with van der Waals surface area (Å²) in [7, 11) is 1.42. The standard InChI is InChI=1S/C23H19BrFN5O4/c1-23(2,3)28-22(31)34-21-18-17(15-7-8-16(24)33-15)13(10-26)19(27-20(18)29-30-21)12-6-5-11(32-4)9-14(12)25/h5-9H,1-4H3,(H,28,31)(H,27,29,30). The number of fused-ring (bicyclic) bond motifs is 1. The van der Waals surface area contributed by atoms with E-state index in [2.05, 4.69) is 42.5 Å². The largest absolute Gasteiger partial charge is 0.497 e. The number of aromatic nitrogens is 3. The Morgan fingerprint density at radius 2 is 2.06 bits per heavy atom. The van der Waals surface area contributed by atoms with E-state index in [0.717, 1.165) is 0 Å². The van der Waals surface area contributed by atoms with Gasteiger partial charge < -0.3 is 19.2 Å². The Morgan fingerprint density at radius 1 is 1.29 bits per heavy atom. The van der Waals surface area contributed by atoms with Crippen molar-refractivity contribution in [1.82, 2.24) is 20.5 Å². The van der Waals surface area contributed by atoms with E-state index in [1.807, 2.05) is 0 Å². The van der Waals surface area contributed by atoms with Crippen LogP contribution in [-0.2, 0) is 0 Å². The molecule has 0 aliphatic rings. The summed E-state index contributed by atoms with van der Waals surface area (Å²) in [6.07, 6.45) is -0.740. The fraction of sp³-hybridized carbons (Fsp3) is 0.217. The second-order valence-electron chi connectivity index (χ2n) is 8.29. The number of aromatic amines is 1. The Balaban J connectivity index is 1.98. The van der Waals surface area contributed by atoms with Gasteiger partial charge in [0.15, 0.2) is 10.3 Å². The summed E-state index contributed by atoms with van der Waals surface area (Å²) in [6, 6.07) is 9.59. The van der Waals surface area contributed by atoms with E-state index < -0.39 is 17.4 Å². The van der Waals surface area contributed by atoms with Crippen LogP contribution in [0.5, 0.6) is 11.6 Å². The number of halogens is 2. The number of H-pyrrole nitrogens is 1. The summed E-state index contributed by atoms with van der Waals surface area (Å²) in [6.45, 7) is 5.40. The molecule has 3 heterocycles. The number of furan rings is 1. The van der Waals surface area contributed by atoms with E-state index in [1.54, 1.807) is 39.0 Å². The molecule has 174 valence electrons. The minimum absolute atomic E-state index is 0.0147. The van der Waals surface area contributed by atoms with Crippen LogP contribution in [0.4, 0.5) is 9.18 Å². The van der Waals surface area contributed by atoms with E-state index in [1.165, 1.54) is 19.2 Å². The van der Waals surface area contributed by atoms with E-state index in [9.17, 15) is 14.4 Å². The van der Waals surface area contributed by atoms with E-state index in [0.29, 0.717) is 10.4 Å². The van der Waals surface area contributed by atoms with Gasteiger partial charge in [-0.25, -0.2) is 14.2 Å². The fourth-order valence-electron chi connectivity index (χ4n) is 3.34. The molecule has 1 aromatic carbocycles. The molecule has 0 saturated carbocycles. The average molecular weight is 528 g/mol. The van der Waals surface area contributed by atoms with E-state index in [4.69, 9.17) is 13.9 Å². The average Bonchev–Trinajstić information content (AvgIpc) is 3.37. The summed E-state index contributed by atoms with van der Waals surface area (Å²) < 4.78 is 31.6. The highest BCUT2D eigenvalue weighted by Gasteiger charge is 2.27. The monoisotopic (exact) mass is 527 g/mol. The van der Waals surface area contributed by atoms with Crippen molar-refractivity contribution in [3.05, 3.63) is 46.4 Å². The predicted molar refractivity (Wildman–Crippen MR) is 125 cm³/mol. The zero-order valence-corrected chi connectivity index (χ0v) is 20.2. The lowest BCUT2D eigenvalue weighted by Gasteiger charge is -2.19. The van der Waals surface area contributed by atoms with Gasteiger partial charge in [0.1, 0.15) is 23.4 Å². The molecular weight excluding hydrogens is 509 g/mol. The number of pyridine rings is 1. The molecule has 34 heavy (non-hydrogen) atoms. The molecule has 4 aromatic rings. The van der Waals surface area contributed by atoms with Crippen LogP contribution >= 0.6 is 15.9 Å². The summed E-state index contributed by atoms with van der Waals surface area (Å²) >= 11 is 3.26. The molecule has 1 amide bonds. The number of amides is 1. The molecule has 11 heteroatoms. The molecule has 9 nitrogen and oxygen atoms in total. The number of nitrogens with one attached hydrogen (secondary N) is 2. The molecule has 0 spiro atoms. The maximum Gasteiger partial charge on any atom is 0.414 e. The lowest BCUT2D eigenvalue weighted by molar-refractivity contribution is 0.189. The number of benzene rings is 1. The van der Waals surface area contributed by atoms with Crippen molar-refractivity contribution in [2.45, 2.75) is 26.3 Å². The first-order valence-corrected chi connectivity index (χ1v) is 10.8. The van der Waals surface area contributed by atoms with Crippen LogP contribution in [0.25, 0.3) is 33.6 Å². The number of rotatable bonds is 4. The zero-order chi connectivity index (χ0) is 24.6. The third kappa shape index (κ3) is 4.45. The minimum Gasteiger partial charge on any atom is -0.497 e. The molecule has 0 saturated heterocycles. The summed E-state index contributed by atoms with van der Waals surface area (Å²) in [4.78, 5) is 16.8.